The first-order valence-corrected chi connectivity index (χ1v) is 8.22. The van der Waals surface area contributed by atoms with Crippen molar-refractivity contribution in [2.45, 2.75) is 19.1 Å². The lowest BCUT2D eigenvalue weighted by atomic mass is 9.95. The van der Waals surface area contributed by atoms with Gasteiger partial charge in [0.05, 0.1) is 7.05 Å². The van der Waals surface area contributed by atoms with Crippen LogP contribution in [0, 0.1) is 0 Å². The van der Waals surface area contributed by atoms with Crippen LogP contribution >= 0.6 is 15.9 Å². The molecule has 3 nitrogen and oxygen atoms in total. The third-order valence-corrected chi connectivity index (χ3v) is 4.12. The quantitative estimate of drug-likeness (QED) is 0.769. The fourth-order valence-electron chi connectivity index (χ4n) is 2.50. The number of Topliss-reactive ketones (excluding diaryl/α,β-unsaturated/α-hetero) is 1. The second-order valence-electron chi connectivity index (χ2n) is 5.02. The molecular weight excluding hydrogens is 342 g/mol. The summed E-state index contributed by atoms with van der Waals surface area (Å²) in [7, 11) is 1.91. The van der Waals surface area contributed by atoms with Crippen LogP contribution in [0.25, 0.3) is 0 Å². The molecule has 0 unspecified atom stereocenters. The Bertz CT molecular complexity index is 598. The van der Waals surface area contributed by atoms with Crippen molar-refractivity contribution in [3.8, 4) is 0 Å². The van der Waals surface area contributed by atoms with Gasteiger partial charge < -0.3 is 10.1 Å². The molecule has 0 aliphatic heterocycles. The number of nitrogens with two attached hydrogens (primary N) is 1. The van der Waals surface area contributed by atoms with Gasteiger partial charge in [-0.2, -0.15) is 0 Å². The van der Waals surface area contributed by atoms with Gasteiger partial charge in [0.1, 0.15) is 6.10 Å². The van der Waals surface area contributed by atoms with Gasteiger partial charge in [-0.1, -0.05) is 58.4 Å². The third kappa shape index (κ3) is 4.03. The molecule has 2 N–H and O–H groups in total. The molecule has 2 aromatic carbocycles. The van der Waals surface area contributed by atoms with Gasteiger partial charge in [0.2, 0.25) is 5.78 Å². The number of rotatable bonds is 7. The van der Waals surface area contributed by atoms with E-state index in [2.05, 4.69) is 15.9 Å². The van der Waals surface area contributed by atoms with Crippen molar-refractivity contribution < 1.29 is 14.8 Å². The molecule has 0 heterocycles. The molecule has 4 heteroatoms. The second-order valence-corrected chi connectivity index (χ2v) is 5.93. The standard InChI is InChI=1S/C18H20BrNO2/c1-3-22-18(14-9-11-15(19)12-10-14)16(20-2)17(21)13-7-5-4-6-8-13/h4-12,16,18,20H,3H2,1-2H3/p+1/t16-,18-/m0/s1. The smallest absolute Gasteiger partial charge is 0.222 e. The summed E-state index contributed by atoms with van der Waals surface area (Å²) < 4.78 is 6.91. The van der Waals surface area contributed by atoms with Crippen molar-refractivity contribution >= 4 is 21.7 Å². The maximum atomic E-state index is 12.8. The van der Waals surface area contributed by atoms with E-state index in [0.29, 0.717) is 12.2 Å². The summed E-state index contributed by atoms with van der Waals surface area (Å²) in [5, 5.41) is 1.93. The first kappa shape index (κ1) is 16.9. The first-order chi connectivity index (χ1) is 10.7. The molecule has 0 spiro atoms. The zero-order chi connectivity index (χ0) is 15.9. The van der Waals surface area contributed by atoms with Crippen LogP contribution < -0.4 is 5.32 Å². The average molecular weight is 363 g/mol. The predicted molar refractivity (Wildman–Crippen MR) is 90.9 cm³/mol. The van der Waals surface area contributed by atoms with Crippen molar-refractivity contribution in [1.82, 2.24) is 0 Å². The van der Waals surface area contributed by atoms with Gasteiger partial charge in [-0.3, -0.25) is 4.79 Å². The monoisotopic (exact) mass is 362 g/mol. The lowest BCUT2D eigenvalue weighted by molar-refractivity contribution is -0.658. The number of quaternary nitrogens is 1. The molecule has 0 saturated heterocycles. The van der Waals surface area contributed by atoms with Crippen molar-refractivity contribution in [1.29, 1.82) is 0 Å². The molecule has 2 aromatic rings. The Morgan fingerprint density at radius 1 is 1.14 bits per heavy atom. The van der Waals surface area contributed by atoms with Gasteiger partial charge in [-0.15, -0.1) is 0 Å². The Morgan fingerprint density at radius 3 is 2.32 bits per heavy atom. The summed E-state index contributed by atoms with van der Waals surface area (Å²) in [4.78, 5) is 12.8. The molecule has 0 radical (unpaired) electrons. The molecule has 0 aliphatic carbocycles. The van der Waals surface area contributed by atoms with E-state index < -0.39 is 0 Å². The van der Waals surface area contributed by atoms with Crippen LogP contribution in [-0.2, 0) is 4.74 Å². The summed E-state index contributed by atoms with van der Waals surface area (Å²) in [6.07, 6.45) is -0.268. The number of halogens is 1. The van der Waals surface area contributed by atoms with E-state index in [9.17, 15) is 4.79 Å². The fraction of sp³-hybridized carbons (Fsp3) is 0.278. The zero-order valence-corrected chi connectivity index (χ0v) is 14.4. The lowest BCUT2D eigenvalue weighted by Crippen LogP contribution is -2.89. The molecule has 0 amide bonds. The van der Waals surface area contributed by atoms with E-state index in [0.717, 1.165) is 10.0 Å². The first-order valence-electron chi connectivity index (χ1n) is 7.43. The van der Waals surface area contributed by atoms with Crippen molar-refractivity contribution in [2.24, 2.45) is 0 Å². The van der Waals surface area contributed by atoms with Crippen LogP contribution in [0.4, 0.5) is 0 Å². The number of hydrogen-bond donors (Lipinski definition) is 1. The van der Waals surface area contributed by atoms with Gasteiger partial charge >= 0.3 is 0 Å². The predicted octanol–water partition coefficient (Wildman–Crippen LogP) is 2.97. The fourth-order valence-corrected chi connectivity index (χ4v) is 2.76. The van der Waals surface area contributed by atoms with E-state index in [4.69, 9.17) is 4.74 Å². The molecule has 116 valence electrons. The molecular formula is C18H21BrNO2+. The molecule has 2 rings (SSSR count). The molecule has 0 aromatic heterocycles. The van der Waals surface area contributed by atoms with Gasteiger partial charge in [0.25, 0.3) is 0 Å². The number of carbonyl (C=O) groups is 1. The normalized spacial score (nSPS) is 13.6. The number of benzene rings is 2. The van der Waals surface area contributed by atoms with Crippen LogP contribution in [0.5, 0.6) is 0 Å². The minimum Gasteiger partial charge on any atom is -0.367 e. The van der Waals surface area contributed by atoms with Crippen LogP contribution in [0.2, 0.25) is 0 Å². The SMILES string of the molecule is CCO[C@@H](c1ccc(Br)cc1)[C@@H]([NH2+]C)C(=O)c1ccccc1. The van der Waals surface area contributed by atoms with Crippen LogP contribution in [0.3, 0.4) is 0 Å². The number of carbonyl (C=O) groups excluding carboxylic acids is 1. The Balaban J connectivity index is 2.31. The summed E-state index contributed by atoms with van der Waals surface area (Å²) in [6.45, 7) is 2.51. The van der Waals surface area contributed by atoms with Gasteiger partial charge in [0, 0.05) is 16.6 Å². The van der Waals surface area contributed by atoms with Crippen LogP contribution in [-0.4, -0.2) is 25.5 Å². The number of ether oxygens (including phenoxy) is 1. The zero-order valence-electron chi connectivity index (χ0n) is 12.8. The maximum absolute atomic E-state index is 12.8. The molecule has 0 bridgehead atoms. The maximum Gasteiger partial charge on any atom is 0.222 e. The molecule has 0 fully saturated rings. The Morgan fingerprint density at radius 2 is 1.77 bits per heavy atom. The molecule has 22 heavy (non-hydrogen) atoms. The minimum atomic E-state index is -0.302. The van der Waals surface area contributed by atoms with Gasteiger partial charge in [-0.05, 0) is 24.6 Å². The van der Waals surface area contributed by atoms with Crippen molar-refractivity contribution in [2.75, 3.05) is 13.7 Å². The Labute approximate surface area is 139 Å². The highest BCUT2D eigenvalue weighted by Crippen LogP contribution is 2.24. The Kier molecular flexibility index (Phi) is 6.31. The van der Waals surface area contributed by atoms with Gasteiger partial charge in [-0.25, -0.2) is 0 Å². The Hall–Kier alpha value is -1.49. The number of hydrogen-bond acceptors (Lipinski definition) is 2. The van der Waals surface area contributed by atoms with E-state index in [-0.39, 0.29) is 17.9 Å². The molecule has 0 saturated carbocycles. The van der Waals surface area contributed by atoms with E-state index in [1.165, 1.54) is 0 Å². The topological polar surface area (TPSA) is 42.9 Å². The average Bonchev–Trinajstić information content (AvgIpc) is 2.56. The summed E-state index contributed by atoms with van der Waals surface area (Å²) in [5.74, 6) is 0.0875. The van der Waals surface area contributed by atoms with Crippen LogP contribution in [0.15, 0.2) is 59.1 Å². The highest BCUT2D eigenvalue weighted by Gasteiger charge is 2.33. The highest BCUT2D eigenvalue weighted by atomic mass is 79.9. The largest absolute Gasteiger partial charge is 0.367 e. The summed E-state index contributed by atoms with van der Waals surface area (Å²) in [6, 6.07) is 17.0. The summed E-state index contributed by atoms with van der Waals surface area (Å²) >= 11 is 3.44. The van der Waals surface area contributed by atoms with Crippen molar-refractivity contribution in [3.05, 3.63) is 70.2 Å². The third-order valence-electron chi connectivity index (χ3n) is 3.59. The minimum absolute atomic E-state index is 0.0875. The lowest BCUT2D eigenvalue weighted by Gasteiger charge is -2.23. The van der Waals surface area contributed by atoms with E-state index >= 15 is 0 Å². The highest BCUT2D eigenvalue weighted by molar-refractivity contribution is 9.10. The molecule has 0 aliphatic rings. The molecule has 2 atom stereocenters. The summed E-state index contributed by atoms with van der Waals surface area (Å²) in [5.41, 5.74) is 1.73. The van der Waals surface area contributed by atoms with E-state index in [1.807, 2.05) is 73.9 Å². The van der Waals surface area contributed by atoms with E-state index in [1.54, 1.807) is 0 Å². The van der Waals surface area contributed by atoms with Crippen molar-refractivity contribution in [3.63, 3.8) is 0 Å². The number of ketones is 1. The second kappa shape index (κ2) is 8.22. The van der Waals surface area contributed by atoms with Crippen LogP contribution in [0.1, 0.15) is 28.9 Å². The van der Waals surface area contributed by atoms with Gasteiger partial charge in [0.15, 0.2) is 6.04 Å². The number of likely N-dealkylation sites (N-methyl/N-ethyl adjacent to an activating group) is 1.